The predicted molar refractivity (Wildman–Crippen MR) is 59.2 cm³/mol. The van der Waals surface area contributed by atoms with Crippen LogP contribution in [0.1, 0.15) is 27.2 Å². The van der Waals surface area contributed by atoms with Crippen molar-refractivity contribution in [2.45, 2.75) is 51.3 Å². The standard InChI is InChI=1S/C12H18O5/c1-4-15-11(14)7-5-8(13)10-9(6-7)16-12(2,3)17-10/h6,8-10,13H,4-5H2,1-3H3. The molecule has 0 saturated carbocycles. The summed E-state index contributed by atoms with van der Waals surface area (Å²) >= 11 is 0. The summed E-state index contributed by atoms with van der Waals surface area (Å²) in [5, 5.41) is 9.95. The third kappa shape index (κ3) is 2.51. The monoisotopic (exact) mass is 242 g/mol. The number of aliphatic hydroxyl groups excluding tert-OH is 1. The number of fused-ring (bicyclic) bond motifs is 1. The van der Waals surface area contributed by atoms with E-state index < -0.39 is 24.0 Å². The van der Waals surface area contributed by atoms with Crippen molar-refractivity contribution in [2.24, 2.45) is 0 Å². The Morgan fingerprint density at radius 1 is 1.59 bits per heavy atom. The van der Waals surface area contributed by atoms with E-state index in [1.807, 2.05) is 0 Å². The maximum Gasteiger partial charge on any atom is 0.333 e. The Morgan fingerprint density at radius 2 is 2.29 bits per heavy atom. The first kappa shape index (κ1) is 12.5. The Bertz CT molecular complexity index is 347. The van der Waals surface area contributed by atoms with Crippen molar-refractivity contribution < 1.29 is 24.1 Å². The molecule has 0 aromatic carbocycles. The van der Waals surface area contributed by atoms with Gasteiger partial charge in [0.2, 0.25) is 0 Å². The van der Waals surface area contributed by atoms with Crippen molar-refractivity contribution >= 4 is 5.97 Å². The highest BCUT2D eigenvalue weighted by Crippen LogP contribution is 2.36. The molecule has 1 saturated heterocycles. The molecule has 0 aromatic heterocycles. The van der Waals surface area contributed by atoms with E-state index in [1.54, 1.807) is 26.8 Å². The van der Waals surface area contributed by atoms with E-state index in [9.17, 15) is 9.90 Å². The van der Waals surface area contributed by atoms with Gasteiger partial charge >= 0.3 is 5.97 Å². The van der Waals surface area contributed by atoms with Gasteiger partial charge in [-0.1, -0.05) is 0 Å². The SMILES string of the molecule is CCOC(=O)C1=CC2OC(C)(C)OC2C(O)C1. The van der Waals surface area contributed by atoms with E-state index in [0.29, 0.717) is 12.2 Å². The summed E-state index contributed by atoms with van der Waals surface area (Å²) in [7, 11) is 0. The van der Waals surface area contributed by atoms with Crippen molar-refractivity contribution in [1.82, 2.24) is 0 Å². The zero-order chi connectivity index (χ0) is 12.6. The molecule has 1 aliphatic heterocycles. The lowest BCUT2D eigenvalue weighted by atomic mass is 9.92. The van der Waals surface area contributed by atoms with Crippen LogP contribution in [0.5, 0.6) is 0 Å². The first-order chi connectivity index (χ1) is 7.93. The molecule has 2 aliphatic rings. The van der Waals surface area contributed by atoms with Crippen molar-refractivity contribution in [3.63, 3.8) is 0 Å². The molecule has 3 atom stereocenters. The van der Waals surface area contributed by atoms with Crippen LogP contribution in [-0.2, 0) is 19.0 Å². The molecule has 5 heteroatoms. The van der Waals surface area contributed by atoms with Gasteiger partial charge in [-0.05, 0) is 26.8 Å². The quantitative estimate of drug-likeness (QED) is 0.724. The summed E-state index contributed by atoms with van der Waals surface area (Å²) in [4.78, 5) is 11.6. The Hall–Kier alpha value is -0.910. The summed E-state index contributed by atoms with van der Waals surface area (Å²) in [6.45, 7) is 5.65. The highest BCUT2D eigenvalue weighted by Gasteiger charge is 2.47. The van der Waals surface area contributed by atoms with Gasteiger partial charge < -0.3 is 19.3 Å². The fraction of sp³-hybridized carbons (Fsp3) is 0.750. The van der Waals surface area contributed by atoms with Crippen molar-refractivity contribution in [2.75, 3.05) is 6.61 Å². The molecule has 0 amide bonds. The maximum atomic E-state index is 11.6. The van der Waals surface area contributed by atoms with E-state index in [-0.39, 0.29) is 12.5 Å². The van der Waals surface area contributed by atoms with Crippen LogP contribution >= 0.6 is 0 Å². The molecule has 0 spiro atoms. The summed E-state index contributed by atoms with van der Waals surface area (Å²) in [6, 6.07) is 0. The molecule has 1 heterocycles. The van der Waals surface area contributed by atoms with Gasteiger partial charge in [0.15, 0.2) is 5.79 Å². The molecule has 1 N–H and O–H groups in total. The predicted octanol–water partition coefficient (Wildman–Crippen LogP) is 0.761. The number of ether oxygens (including phenoxy) is 3. The molecule has 1 aliphatic carbocycles. The topological polar surface area (TPSA) is 65.0 Å². The van der Waals surface area contributed by atoms with Gasteiger partial charge in [0, 0.05) is 12.0 Å². The van der Waals surface area contributed by atoms with Crippen LogP contribution in [0.25, 0.3) is 0 Å². The van der Waals surface area contributed by atoms with Crippen molar-refractivity contribution in [3.8, 4) is 0 Å². The summed E-state index contributed by atoms with van der Waals surface area (Å²) in [5.74, 6) is -1.12. The molecule has 3 unspecified atom stereocenters. The minimum Gasteiger partial charge on any atom is -0.463 e. The fourth-order valence-corrected chi connectivity index (χ4v) is 2.23. The van der Waals surface area contributed by atoms with E-state index in [1.165, 1.54) is 0 Å². The van der Waals surface area contributed by atoms with Crippen LogP contribution < -0.4 is 0 Å². The Labute approximate surface area is 100 Å². The smallest absolute Gasteiger partial charge is 0.333 e. The lowest BCUT2D eigenvalue weighted by Gasteiger charge is -2.26. The second-order valence-electron chi connectivity index (χ2n) is 4.75. The zero-order valence-electron chi connectivity index (χ0n) is 10.3. The number of rotatable bonds is 2. The molecule has 5 nitrogen and oxygen atoms in total. The van der Waals surface area contributed by atoms with Crippen LogP contribution in [0.15, 0.2) is 11.6 Å². The lowest BCUT2D eigenvalue weighted by molar-refractivity contribution is -0.152. The normalized spacial score (nSPS) is 35.1. The highest BCUT2D eigenvalue weighted by atomic mass is 16.8. The minimum atomic E-state index is -0.730. The Balaban J connectivity index is 2.15. The lowest BCUT2D eigenvalue weighted by Crippen LogP contribution is -2.39. The molecule has 96 valence electrons. The van der Waals surface area contributed by atoms with Crippen LogP contribution in [0.2, 0.25) is 0 Å². The van der Waals surface area contributed by atoms with Crippen LogP contribution in [0.4, 0.5) is 0 Å². The molecule has 1 fully saturated rings. The highest BCUT2D eigenvalue weighted by molar-refractivity contribution is 5.88. The van der Waals surface area contributed by atoms with E-state index in [2.05, 4.69) is 0 Å². The van der Waals surface area contributed by atoms with Crippen molar-refractivity contribution in [3.05, 3.63) is 11.6 Å². The summed E-state index contributed by atoms with van der Waals surface area (Å²) in [5.41, 5.74) is 0.460. The third-order valence-corrected chi connectivity index (χ3v) is 2.87. The van der Waals surface area contributed by atoms with Gasteiger partial charge in [-0.3, -0.25) is 0 Å². The first-order valence-corrected chi connectivity index (χ1v) is 5.84. The number of aliphatic hydroxyl groups is 1. The molecular weight excluding hydrogens is 224 g/mol. The van der Waals surface area contributed by atoms with Gasteiger partial charge in [0.25, 0.3) is 0 Å². The average Bonchev–Trinajstić information content (AvgIpc) is 2.53. The average molecular weight is 242 g/mol. The third-order valence-electron chi connectivity index (χ3n) is 2.87. The summed E-state index contributed by atoms with van der Waals surface area (Å²) < 4.78 is 16.1. The first-order valence-electron chi connectivity index (χ1n) is 5.84. The van der Waals surface area contributed by atoms with Gasteiger partial charge in [-0.2, -0.15) is 0 Å². The number of esters is 1. The summed E-state index contributed by atoms with van der Waals surface area (Å²) in [6.07, 6.45) is 0.436. The number of hydrogen-bond donors (Lipinski definition) is 1. The minimum absolute atomic E-state index is 0.249. The van der Waals surface area contributed by atoms with Gasteiger partial charge in [-0.25, -0.2) is 4.79 Å². The Morgan fingerprint density at radius 3 is 2.94 bits per heavy atom. The molecular formula is C12H18O5. The number of hydrogen-bond acceptors (Lipinski definition) is 5. The fourth-order valence-electron chi connectivity index (χ4n) is 2.23. The molecule has 2 rings (SSSR count). The van der Waals surface area contributed by atoms with E-state index in [4.69, 9.17) is 14.2 Å². The van der Waals surface area contributed by atoms with Crippen molar-refractivity contribution in [1.29, 1.82) is 0 Å². The van der Waals surface area contributed by atoms with Gasteiger partial charge in [-0.15, -0.1) is 0 Å². The van der Waals surface area contributed by atoms with Crippen LogP contribution in [0.3, 0.4) is 0 Å². The Kier molecular flexibility index (Phi) is 3.25. The number of carbonyl (C=O) groups is 1. The van der Waals surface area contributed by atoms with E-state index >= 15 is 0 Å². The van der Waals surface area contributed by atoms with E-state index in [0.717, 1.165) is 0 Å². The second kappa shape index (κ2) is 4.40. The molecule has 17 heavy (non-hydrogen) atoms. The number of carbonyl (C=O) groups excluding carboxylic acids is 1. The van der Waals surface area contributed by atoms with Gasteiger partial charge in [0.05, 0.1) is 12.7 Å². The molecule has 0 aromatic rings. The van der Waals surface area contributed by atoms with Crippen LogP contribution in [0, 0.1) is 0 Å². The largest absolute Gasteiger partial charge is 0.463 e. The van der Waals surface area contributed by atoms with Gasteiger partial charge in [0.1, 0.15) is 12.2 Å². The molecule has 0 bridgehead atoms. The molecule has 0 radical (unpaired) electrons. The van der Waals surface area contributed by atoms with Crippen LogP contribution in [-0.4, -0.2) is 41.8 Å². The zero-order valence-corrected chi connectivity index (χ0v) is 10.3. The maximum absolute atomic E-state index is 11.6. The second-order valence-corrected chi connectivity index (χ2v) is 4.75.